The Morgan fingerprint density at radius 2 is 1.93 bits per heavy atom. The lowest BCUT2D eigenvalue weighted by Crippen LogP contribution is -2.41. The summed E-state index contributed by atoms with van der Waals surface area (Å²) in [4.78, 5) is 24.4. The molecule has 3 aromatic heterocycles. The van der Waals surface area contributed by atoms with Crippen molar-refractivity contribution < 1.29 is 31.1 Å². The molecule has 6 heterocycles. The fourth-order valence-corrected chi connectivity index (χ4v) is 6.99. The van der Waals surface area contributed by atoms with Gasteiger partial charge in [0.1, 0.15) is 16.5 Å². The van der Waals surface area contributed by atoms with E-state index in [2.05, 4.69) is 34.0 Å². The number of carbonyl (C=O) groups is 1. The van der Waals surface area contributed by atoms with E-state index in [4.69, 9.17) is 9.72 Å². The molecule has 0 unspecified atom stereocenters. The molecule has 4 bridgehead atoms. The third-order valence-electron chi connectivity index (χ3n) is 8.77. The Kier molecular flexibility index (Phi) is 7.49. The summed E-state index contributed by atoms with van der Waals surface area (Å²) >= 11 is 0. The Hall–Kier alpha value is -3.88. The van der Waals surface area contributed by atoms with E-state index in [1.54, 1.807) is 12.3 Å². The van der Waals surface area contributed by atoms with E-state index in [0.717, 1.165) is 19.3 Å². The minimum atomic E-state index is -4.25. The molecule has 44 heavy (non-hydrogen) atoms. The van der Waals surface area contributed by atoms with Crippen LogP contribution < -0.4 is 19.7 Å². The largest absolute Gasteiger partial charge is 0.477 e. The molecule has 0 spiro atoms. The third kappa shape index (κ3) is 5.93. The van der Waals surface area contributed by atoms with Gasteiger partial charge in [-0.2, -0.15) is 13.2 Å². The highest BCUT2D eigenvalue weighted by atomic mass is 32.2. The van der Waals surface area contributed by atoms with Crippen molar-refractivity contribution in [2.45, 2.75) is 69.0 Å². The van der Waals surface area contributed by atoms with Crippen molar-refractivity contribution in [2.24, 2.45) is 11.3 Å². The Labute approximate surface area is 253 Å². The molecule has 11 nitrogen and oxygen atoms in total. The van der Waals surface area contributed by atoms with Gasteiger partial charge < -0.3 is 15.0 Å². The summed E-state index contributed by atoms with van der Waals surface area (Å²) in [6, 6.07) is 7.53. The highest BCUT2D eigenvalue weighted by Crippen LogP contribution is 2.59. The summed E-state index contributed by atoms with van der Waals surface area (Å²) < 4.78 is 75.1. The molecule has 1 atom stereocenters. The topological polar surface area (TPSA) is 131 Å². The van der Waals surface area contributed by atoms with Gasteiger partial charge in [0.2, 0.25) is 5.88 Å². The van der Waals surface area contributed by atoms with Gasteiger partial charge in [-0.3, -0.25) is 4.79 Å². The lowest BCUT2D eigenvalue weighted by molar-refractivity contribution is -0.190. The molecule has 0 aromatic carbocycles. The molecule has 0 radical (unpaired) electrons. The number of hydrogen-bond acceptors (Lipinski definition) is 9. The molecule has 1 saturated carbocycles. The summed E-state index contributed by atoms with van der Waals surface area (Å²) in [7, 11) is -4.23. The van der Waals surface area contributed by atoms with Gasteiger partial charge in [0, 0.05) is 37.1 Å². The Morgan fingerprint density at radius 1 is 1.14 bits per heavy atom. The first kappa shape index (κ1) is 30.2. The fourth-order valence-electron chi connectivity index (χ4n) is 6.08. The molecular formula is C29H34F3N7O4S. The summed E-state index contributed by atoms with van der Waals surface area (Å²) in [6.07, 6.45) is 1.23. The van der Waals surface area contributed by atoms with Crippen molar-refractivity contribution in [2.75, 3.05) is 29.9 Å². The molecule has 1 saturated heterocycles. The highest BCUT2D eigenvalue weighted by molar-refractivity contribution is 7.90. The summed E-state index contributed by atoms with van der Waals surface area (Å²) in [5.74, 6) is 0.807. The molecule has 7 rings (SSSR count). The Morgan fingerprint density at radius 3 is 2.64 bits per heavy atom. The van der Waals surface area contributed by atoms with Gasteiger partial charge in [0.25, 0.3) is 15.9 Å². The van der Waals surface area contributed by atoms with Crippen molar-refractivity contribution in [1.82, 2.24) is 24.5 Å². The standard InChI is InChI=1S/C29H34F3N7O4S/c1-27(2)16-19-4-3-13-33-22-7-5-20(17-34-22)44(41,42)37-26(40)21-6-8-23(35-25(21)38(27)18-19)39-14-9-24(36-39)43-15-12-28(10-11-28)29(30,31)32/h5-9,14,17,19H,3-4,10-13,15-16,18H2,1-2H3,(H,33,34)(H,37,40)/t19-/m1/s1. The van der Waals surface area contributed by atoms with Crippen molar-refractivity contribution >= 4 is 27.6 Å². The summed E-state index contributed by atoms with van der Waals surface area (Å²) in [5, 5.41) is 7.56. The Bertz CT molecular complexity index is 1650. The normalized spacial score (nSPS) is 22.2. The molecule has 15 heteroatoms. The van der Waals surface area contributed by atoms with Crippen LogP contribution in [-0.2, 0) is 10.0 Å². The van der Waals surface area contributed by atoms with E-state index in [9.17, 15) is 26.4 Å². The first-order chi connectivity index (χ1) is 20.8. The monoisotopic (exact) mass is 633 g/mol. The number of fused-ring (bicyclic) bond motifs is 7. The van der Waals surface area contributed by atoms with E-state index >= 15 is 0 Å². The van der Waals surface area contributed by atoms with E-state index in [1.165, 1.54) is 35.1 Å². The average molecular weight is 634 g/mol. The first-order valence-electron chi connectivity index (χ1n) is 14.6. The third-order valence-corrected chi connectivity index (χ3v) is 10.1. The van der Waals surface area contributed by atoms with Crippen LogP contribution in [0.3, 0.4) is 0 Å². The number of sulfonamides is 1. The first-order valence-corrected chi connectivity index (χ1v) is 16.1. The van der Waals surface area contributed by atoms with E-state index in [0.29, 0.717) is 36.5 Å². The molecule has 3 aliphatic heterocycles. The number of ether oxygens (including phenoxy) is 1. The number of hydrogen-bond donors (Lipinski definition) is 2. The van der Waals surface area contributed by atoms with Crippen LogP contribution in [0.5, 0.6) is 5.88 Å². The minimum absolute atomic E-state index is 0.0786. The number of anilines is 2. The number of pyridine rings is 2. The lowest BCUT2D eigenvalue weighted by atomic mass is 9.93. The van der Waals surface area contributed by atoms with Gasteiger partial charge in [0.15, 0.2) is 5.82 Å². The van der Waals surface area contributed by atoms with Gasteiger partial charge in [0.05, 0.1) is 17.6 Å². The quantitative estimate of drug-likeness (QED) is 0.410. The number of amides is 1. The fraction of sp³-hybridized carbons (Fsp3) is 0.517. The van der Waals surface area contributed by atoms with Gasteiger partial charge in [-0.25, -0.2) is 27.8 Å². The number of rotatable bonds is 5. The van der Waals surface area contributed by atoms with Crippen LogP contribution in [0, 0.1) is 11.3 Å². The van der Waals surface area contributed by atoms with Crippen LogP contribution in [0.15, 0.2) is 47.6 Å². The van der Waals surface area contributed by atoms with Crippen LogP contribution in [0.4, 0.5) is 24.8 Å². The summed E-state index contributed by atoms with van der Waals surface area (Å²) in [5.41, 5.74) is -1.98. The average Bonchev–Trinajstić information content (AvgIpc) is 3.51. The smallest absolute Gasteiger partial charge is 0.394 e. The van der Waals surface area contributed by atoms with Gasteiger partial charge >= 0.3 is 6.18 Å². The van der Waals surface area contributed by atoms with Gasteiger partial charge in [-0.1, -0.05) is 0 Å². The zero-order chi connectivity index (χ0) is 31.3. The highest BCUT2D eigenvalue weighted by Gasteiger charge is 2.62. The summed E-state index contributed by atoms with van der Waals surface area (Å²) in [6.45, 7) is 5.27. The molecule has 1 aliphatic carbocycles. The van der Waals surface area contributed by atoms with Crippen molar-refractivity contribution in [3.8, 4) is 11.7 Å². The van der Waals surface area contributed by atoms with E-state index in [-0.39, 0.29) is 42.2 Å². The Balaban J connectivity index is 1.30. The number of aromatic nitrogens is 4. The maximum absolute atomic E-state index is 13.5. The molecule has 2 N–H and O–H groups in total. The van der Waals surface area contributed by atoms with Crippen molar-refractivity contribution in [3.05, 3.63) is 48.3 Å². The molecular weight excluding hydrogens is 599 g/mol. The maximum Gasteiger partial charge on any atom is 0.394 e. The molecule has 3 aromatic rings. The maximum atomic E-state index is 13.5. The number of carbonyl (C=O) groups excluding carboxylic acids is 1. The molecule has 2 fully saturated rings. The number of halogens is 3. The zero-order valence-corrected chi connectivity index (χ0v) is 25.2. The zero-order valence-electron chi connectivity index (χ0n) is 24.4. The van der Waals surface area contributed by atoms with Crippen molar-refractivity contribution in [3.63, 3.8) is 0 Å². The number of alkyl halides is 3. The second-order valence-electron chi connectivity index (χ2n) is 12.4. The van der Waals surface area contributed by atoms with Crippen LogP contribution in [0.2, 0.25) is 0 Å². The van der Waals surface area contributed by atoms with Crippen molar-refractivity contribution in [1.29, 1.82) is 0 Å². The minimum Gasteiger partial charge on any atom is -0.477 e. The van der Waals surface area contributed by atoms with Crippen LogP contribution in [-0.4, -0.2) is 65.5 Å². The molecule has 4 aliphatic rings. The predicted octanol–water partition coefficient (Wildman–Crippen LogP) is 4.70. The predicted molar refractivity (Wildman–Crippen MR) is 155 cm³/mol. The molecule has 236 valence electrons. The second-order valence-corrected chi connectivity index (χ2v) is 14.1. The van der Waals surface area contributed by atoms with Crippen LogP contribution in [0.25, 0.3) is 5.82 Å². The number of nitrogens with zero attached hydrogens (tertiary/aromatic N) is 5. The van der Waals surface area contributed by atoms with E-state index in [1.807, 2.05) is 4.90 Å². The van der Waals surface area contributed by atoms with Crippen LogP contribution in [0.1, 0.15) is 62.7 Å². The number of nitrogens with one attached hydrogen (secondary N) is 2. The van der Waals surface area contributed by atoms with Gasteiger partial charge in [-0.05, 0) is 82.6 Å². The van der Waals surface area contributed by atoms with Crippen LogP contribution >= 0.6 is 0 Å². The second kappa shape index (κ2) is 10.9. The lowest BCUT2D eigenvalue weighted by Gasteiger charge is -2.34. The molecule has 1 amide bonds. The SMILES string of the molecule is CC1(C)C[C@H]2CCCNc3ccc(cn3)S(=O)(=O)NC(=O)c3ccc(-n4ccc(OCCC5(C(F)(F)F)CC5)n4)nc3N1C2. The van der Waals surface area contributed by atoms with E-state index < -0.39 is 33.1 Å². The van der Waals surface area contributed by atoms with Gasteiger partial charge in [-0.15, -0.1) is 5.10 Å².